The molecule has 1 heterocycles. The van der Waals surface area contributed by atoms with Gasteiger partial charge in [0.25, 0.3) is 0 Å². The van der Waals surface area contributed by atoms with Crippen LogP contribution in [0.3, 0.4) is 0 Å². The van der Waals surface area contributed by atoms with Crippen molar-refractivity contribution in [3.05, 3.63) is 11.6 Å². The van der Waals surface area contributed by atoms with Gasteiger partial charge in [0.05, 0.1) is 0 Å². The molecule has 17 heavy (non-hydrogen) atoms. The first-order valence-corrected chi connectivity index (χ1v) is 6.76. The van der Waals surface area contributed by atoms with E-state index in [1.165, 1.54) is 18.4 Å². The molecule has 1 aliphatic heterocycles. The minimum atomic E-state index is 0.187. The van der Waals surface area contributed by atoms with Crippen molar-refractivity contribution in [3.63, 3.8) is 0 Å². The zero-order valence-electron chi connectivity index (χ0n) is 11.0. The first-order chi connectivity index (χ1) is 8.09. The number of carbonyl (C=O) groups excluding carboxylic acids is 1. The molecule has 1 unspecified atom stereocenters. The standard InChI is InChI=1S/C14H24N2O/c1-14(2)7-3-4-12(14)13(17)16-10-11-5-8-15-9-6-11/h5,12,15H,3-4,6-10H2,1-2H3,(H,16,17). The minimum absolute atomic E-state index is 0.187. The molecule has 0 bridgehead atoms. The maximum atomic E-state index is 12.1. The molecule has 0 saturated heterocycles. The Labute approximate surface area is 104 Å². The van der Waals surface area contributed by atoms with Crippen molar-refractivity contribution in [1.29, 1.82) is 0 Å². The molecule has 1 amide bonds. The summed E-state index contributed by atoms with van der Waals surface area (Å²) in [6.07, 6.45) is 6.69. The summed E-state index contributed by atoms with van der Waals surface area (Å²) in [5.41, 5.74) is 1.56. The van der Waals surface area contributed by atoms with E-state index in [2.05, 4.69) is 30.6 Å². The van der Waals surface area contributed by atoms with Gasteiger partial charge in [-0.3, -0.25) is 4.79 Å². The van der Waals surface area contributed by atoms with Crippen LogP contribution in [0.5, 0.6) is 0 Å². The summed E-state index contributed by atoms with van der Waals surface area (Å²) in [6, 6.07) is 0. The fourth-order valence-corrected chi connectivity index (χ4v) is 2.97. The van der Waals surface area contributed by atoms with E-state index in [1.54, 1.807) is 0 Å². The zero-order chi connectivity index (χ0) is 12.3. The van der Waals surface area contributed by atoms with E-state index in [1.807, 2.05) is 0 Å². The van der Waals surface area contributed by atoms with Crippen LogP contribution in [-0.2, 0) is 4.79 Å². The van der Waals surface area contributed by atoms with Gasteiger partial charge >= 0.3 is 0 Å². The molecule has 0 radical (unpaired) electrons. The first-order valence-electron chi connectivity index (χ1n) is 6.76. The molecule has 0 aromatic rings. The fourth-order valence-electron chi connectivity index (χ4n) is 2.97. The Hall–Kier alpha value is -0.830. The Balaban J connectivity index is 1.83. The number of hydrogen-bond acceptors (Lipinski definition) is 2. The molecule has 0 aromatic carbocycles. The van der Waals surface area contributed by atoms with E-state index in [0.29, 0.717) is 0 Å². The fraction of sp³-hybridized carbons (Fsp3) is 0.786. The third-order valence-electron chi connectivity index (χ3n) is 4.22. The molecule has 2 N–H and O–H groups in total. The predicted octanol–water partition coefficient (Wildman–Crippen LogP) is 1.85. The van der Waals surface area contributed by atoms with Crippen molar-refractivity contribution in [2.24, 2.45) is 11.3 Å². The number of carbonyl (C=O) groups is 1. The zero-order valence-corrected chi connectivity index (χ0v) is 11.0. The number of nitrogens with one attached hydrogen (secondary N) is 2. The maximum Gasteiger partial charge on any atom is 0.223 e. The van der Waals surface area contributed by atoms with E-state index in [-0.39, 0.29) is 17.2 Å². The quantitative estimate of drug-likeness (QED) is 0.734. The summed E-state index contributed by atoms with van der Waals surface area (Å²) in [5.74, 6) is 0.469. The molecular weight excluding hydrogens is 212 g/mol. The highest BCUT2D eigenvalue weighted by Crippen LogP contribution is 2.42. The number of hydrogen-bond donors (Lipinski definition) is 2. The van der Waals surface area contributed by atoms with Crippen molar-refractivity contribution in [2.75, 3.05) is 19.6 Å². The highest BCUT2D eigenvalue weighted by atomic mass is 16.1. The van der Waals surface area contributed by atoms with Crippen LogP contribution in [0.15, 0.2) is 11.6 Å². The molecule has 3 nitrogen and oxygen atoms in total. The lowest BCUT2D eigenvalue weighted by atomic mass is 9.81. The predicted molar refractivity (Wildman–Crippen MR) is 69.7 cm³/mol. The molecule has 2 aliphatic rings. The minimum Gasteiger partial charge on any atom is -0.352 e. The lowest BCUT2D eigenvalue weighted by molar-refractivity contribution is -0.127. The number of rotatable bonds is 3. The largest absolute Gasteiger partial charge is 0.352 e. The molecule has 2 rings (SSSR count). The van der Waals surface area contributed by atoms with Crippen molar-refractivity contribution in [3.8, 4) is 0 Å². The van der Waals surface area contributed by atoms with Crippen LogP contribution in [-0.4, -0.2) is 25.5 Å². The highest BCUT2D eigenvalue weighted by molar-refractivity contribution is 5.80. The molecule has 1 fully saturated rings. The van der Waals surface area contributed by atoms with E-state index >= 15 is 0 Å². The Kier molecular flexibility index (Phi) is 3.87. The molecule has 96 valence electrons. The average Bonchev–Trinajstić information content (AvgIpc) is 2.67. The maximum absolute atomic E-state index is 12.1. The Morgan fingerprint density at radius 3 is 3.00 bits per heavy atom. The van der Waals surface area contributed by atoms with Gasteiger partial charge < -0.3 is 10.6 Å². The lowest BCUT2D eigenvalue weighted by Crippen LogP contribution is -2.37. The lowest BCUT2D eigenvalue weighted by Gasteiger charge is -2.26. The van der Waals surface area contributed by atoms with E-state index < -0.39 is 0 Å². The van der Waals surface area contributed by atoms with Crippen LogP contribution >= 0.6 is 0 Å². The average molecular weight is 236 g/mol. The first kappa shape index (κ1) is 12.6. The second-order valence-corrected chi connectivity index (χ2v) is 5.97. The van der Waals surface area contributed by atoms with Gasteiger partial charge in [0.1, 0.15) is 0 Å². The van der Waals surface area contributed by atoms with Gasteiger partial charge in [-0.15, -0.1) is 0 Å². The van der Waals surface area contributed by atoms with Gasteiger partial charge in [-0.25, -0.2) is 0 Å². The van der Waals surface area contributed by atoms with Gasteiger partial charge in [-0.05, 0) is 31.2 Å². The monoisotopic (exact) mass is 236 g/mol. The van der Waals surface area contributed by atoms with Crippen LogP contribution < -0.4 is 10.6 Å². The van der Waals surface area contributed by atoms with Crippen LogP contribution in [0.1, 0.15) is 39.5 Å². The molecule has 3 heteroatoms. The van der Waals surface area contributed by atoms with E-state index in [9.17, 15) is 4.79 Å². The van der Waals surface area contributed by atoms with Gasteiger partial charge in [0, 0.05) is 19.0 Å². The van der Waals surface area contributed by atoms with Crippen LogP contribution in [0.4, 0.5) is 0 Å². The number of amides is 1. The molecule has 1 atom stereocenters. The molecule has 1 aliphatic carbocycles. The SMILES string of the molecule is CC1(C)CCCC1C(=O)NCC1=CCNCC1. The Bertz CT molecular complexity index is 320. The van der Waals surface area contributed by atoms with E-state index in [0.717, 1.165) is 32.5 Å². The summed E-state index contributed by atoms with van der Waals surface area (Å²) >= 11 is 0. The molecule has 1 saturated carbocycles. The topological polar surface area (TPSA) is 41.1 Å². The van der Waals surface area contributed by atoms with Crippen LogP contribution in [0.25, 0.3) is 0 Å². The summed E-state index contributed by atoms with van der Waals surface area (Å²) in [4.78, 5) is 12.1. The van der Waals surface area contributed by atoms with Gasteiger partial charge in [-0.2, -0.15) is 0 Å². The van der Waals surface area contributed by atoms with Crippen LogP contribution in [0.2, 0.25) is 0 Å². The van der Waals surface area contributed by atoms with Crippen molar-refractivity contribution < 1.29 is 4.79 Å². The second-order valence-electron chi connectivity index (χ2n) is 5.97. The summed E-state index contributed by atoms with van der Waals surface area (Å²) in [7, 11) is 0. The highest BCUT2D eigenvalue weighted by Gasteiger charge is 2.39. The van der Waals surface area contributed by atoms with Gasteiger partial charge in [0.15, 0.2) is 0 Å². The van der Waals surface area contributed by atoms with Crippen molar-refractivity contribution in [1.82, 2.24) is 10.6 Å². The molecule has 0 aromatic heterocycles. The summed E-state index contributed by atoms with van der Waals surface area (Å²) in [6.45, 7) is 7.16. The van der Waals surface area contributed by atoms with Crippen molar-refractivity contribution in [2.45, 2.75) is 39.5 Å². The van der Waals surface area contributed by atoms with E-state index in [4.69, 9.17) is 0 Å². The van der Waals surface area contributed by atoms with Gasteiger partial charge in [0.2, 0.25) is 5.91 Å². The third kappa shape index (κ3) is 3.09. The third-order valence-corrected chi connectivity index (χ3v) is 4.22. The normalized spacial score (nSPS) is 27.6. The molecular formula is C14H24N2O. The summed E-state index contributed by atoms with van der Waals surface area (Å²) < 4.78 is 0. The van der Waals surface area contributed by atoms with Gasteiger partial charge in [-0.1, -0.05) is 31.9 Å². The Morgan fingerprint density at radius 1 is 1.59 bits per heavy atom. The Morgan fingerprint density at radius 2 is 2.41 bits per heavy atom. The van der Waals surface area contributed by atoms with Crippen LogP contribution in [0, 0.1) is 11.3 Å². The summed E-state index contributed by atoms with van der Waals surface area (Å²) in [5, 5.41) is 6.40. The second kappa shape index (κ2) is 5.21. The van der Waals surface area contributed by atoms with Crippen molar-refractivity contribution >= 4 is 5.91 Å². The smallest absolute Gasteiger partial charge is 0.223 e. The molecule has 0 spiro atoms.